The van der Waals surface area contributed by atoms with Gasteiger partial charge < -0.3 is 49.2 Å². The zero-order valence-corrected chi connectivity index (χ0v) is 30.1. The Bertz CT molecular complexity index is 1570. The molecule has 2 heterocycles. The largest absolute Gasteiger partial charge is 0.494 e. The van der Waals surface area contributed by atoms with Crippen molar-refractivity contribution in [1.29, 1.82) is 0 Å². The number of rotatable bonds is 22. The molecular formula is C39H50O14. The zero-order chi connectivity index (χ0) is 38.8. The smallest absolute Gasteiger partial charge is 0.343 e. The topological polar surface area (TPSA) is 216 Å². The van der Waals surface area contributed by atoms with Gasteiger partial charge in [-0.25, -0.2) is 14.4 Å². The number of aliphatic hydroxyl groups is 2. The Morgan fingerprint density at radius 2 is 1.45 bits per heavy atom. The Hall–Kier alpha value is -4.34. The fourth-order valence-corrected chi connectivity index (χ4v) is 7.19. The third kappa shape index (κ3) is 9.07. The second-order valence-electron chi connectivity index (χ2n) is 13.7. The maximum absolute atomic E-state index is 13.0. The van der Waals surface area contributed by atoms with Crippen LogP contribution >= 0.6 is 0 Å². The van der Waals surface area contributed by atoms with Gasteiger partial charge in [0.1, 0.15) is 24.1 Å². The number of benzene rings is 2. The summed E-state index contributed by atoms with van der Waals surface area (Å²) < 4.78 is 28.5. The van der Waals surface area contributed by atoms with Crippen molar-refractivity contribution < 1.29 is 68.4 Å². The number of aliphatic carboxylic acids is 3. The summed E-state index contributed by atoms with van der Waals surface area (Å²) in [4.78, 5) is 50.2. The van der Waals surface area contributed by atoms with Crippen molar-refractivity contribution >= 4 is 23.9 Å². The molecular weight excluding hydrogens is 692 g/mol. The lowest BCUT2D eigenvalue weighted by atomic mass is 9.74. The third-order valence-electron chi connectivity index (χ3n) is 9.86. The van der Waals surface area contributed by atoms with E-state index in [0.29, 0.717) is 31.4 Å². The number of hydrogen-bond donors (Lipinski definition) is 5. The standard InChI is InChI=1S/C39H50O14/c1-25(30(51-27(3)40)26(2)24-28-16-10-8-11-17-28)20-21-37-31(41)32(39(53-37,36(46)47)38(48,35(44)45)33(52-37)34(42)43)50-23-15-7-5-4-6-14-22-49-29-18-12-9-13-19-29/h8-13,16-19,26,30-33,41,48H,1,4-7,14-15,20-24H2,2-3H3,(H,42,43)(H,44,45)(H,46,47)/t26?,30?,31-,32-,33-,37-,38-,39-/m1/s1. The van der Waals surface area contributed by atoms with E-state index in [9.17, 15) is 44.7 Å². The van der Waals surface area contributed by atoms with Crippen molar-refractivity contribution in [2.45, 2.75) is 113 Å². The Balaban J connectivity index is 1.47. The molecule has 0 spiro atoms. The Morgan fingerprint density at radius 1 is 0.868 bits per heavy atom. The van der Waals surface area contributed by atoms with Crippen LogP contribution in [0.2, 0.25) is 0 Å². The quantitative estimate of drug-likeness (QED) is 0.0651. The number of fused-ring (bicyclic) bond motifs is 2. The molecule has 2 aliphatic heterocycles. The highest BCUT2D eigenvalue weighted by Gasteiger charge is 2.85. The Morgan fingerprint density at radius 3 is 2.02 bits per heavy atom. The number of unbranched alkanes of at least 4 members (excludes halogenated alkanes) is 5. The first-order valence-electron chi connectivity index (χ1n) is 17.9. The SMILES string of the molecule is C=C(CC[C@@]12O[C@H](C(=O)O)[C@@](O)(C(=O)O)[C@@](C(=O)O)(O1)[C@H](OCCCCCCCCOc1ccccc1)[C@H]2O)C(OC(C)=O)C(C)Cc1ccccc1. The fourth-order valence-electron chi connectivity index (χ4n) is 7.19. The molecule has 2 unspecified atom stereocenters. The average molecular weight is 743 g/mol. The van der Waals surface area contributed by atoms with Gasteiger partial charge in [0.05, 0.1) is 6.61 Å². The van der Waals surface area contributed by atoms with Gasteiger partial charge in [0.2, 0.25) is 17.3 Å². The van der Waals surface area contributed by atoms with Crippen molar-refractivity contribution in [3.8, 4) is 5.75 Å². The number of carbonyl (C=O) groups is 4. The molecule has 2 aromatic rings. The van der Waals surface area contributed by atoms with Gasteiger partial charge in [-0.1, -0.05) is 87.7 Å². The monoisotopic (exact) mass is 742 g/mol. The molecule has 0 radical (unpaired) electrons. The van der Waals surface area contributed by atoms with Gasteiger partial charge in [-0.05, 0) is 49.0 Å². The molecule has 0 saturated carbocycles. The molecule has 2 aliphatic rings. The minimum Gasteiger partial charge on any atom is -0.494 e. The first-order chi connectivity index (χ1) is 25.2. The van der Waals surface area contributed by atoms with Crippen molar-refractivity contribution in [2.75, 3.05) is 13.2 Å². The highest BCUT2D eigenvalue weighted by molar-refractivity contribution is 5.97. The first kappa shape index (κ1) is 41.4. The molecule has 5 N–H and O–H groups in total. The van der Waals surface area contributed by atoms with Gasteiger partial charge >= 0.3 is 23.9 Å². The summed E-state index contributed by atoms with van der Waals surface area (Å²) in [6, 6.07) is 18.9. The third-order valence-corrected chi connectivity index (χ3v) is 9.86. The van der Waals surface area contributed by atoms with Crippen LogP contribution in [0, 0.1) is 5.92 Å². The zero-order valence-electron chi connectivity index (χ0n) is 30.1. The van der Waals surface area contributed by atoms with E-state index in [-0.39, 0.29) is 18.9 Å². The van der Waals surface area contributed by atoms with E-state index in [1.54, 1.807) is 0 Å². The normalized spacial score (nSPS) is 27.4. The summed E-state index contributed by atoms with van der Waals surface area (Å²) in [5, 5.41) is 53.9. The molecule has 0 amide bonds. The number of hydrogen-bond acceptors (Lipinski definition) is 11. The maximum atomic E-state index is 13.0. The van der Waals surface area contributed by atoms with E-state index in [1.807, 2.05) is 67.6 Å². The summed E-state index contributed by atoms with van der Waals surface area (Å²) in [5.41, 5.74) is -5.74. The molecule has 8 atom stereocenters. The lowest BCUT2D eigenvalue weighted by Crippen LogP contribution is -2.78. The van der Waals surface area contributed by atoms with Crippen LogP contribution in [0.3, 0.4) is 0 Å². The number of esters is 1. The average Bonchev–Trinajstić information content (AvgIpc) is 3.34. The van der Waals surface area contributed by atoms with Crippen LogP contribution in [0.5, 0.6) is 5.75 Å². The Kier molecular flexibility index (Phi) is 14.2. The van der Waals surface area contributed by atoms with E-state index in [1.165, 1.54) is 6.92 Å². The van der Waals surface area contributed by atoms with Gasteiger partial charge in [-0.2, -0.15) is 0 Å². The minimum absolute atomic E-state index is 0.148. The maximum Gasteiger partial charge on any atom is 0.343 e. The van der Waals surface area contributed by atoms with Gasteiger partial charge in [-0.15, -0.1) is 0 Å². The predicted molar refractivity (Wildman–Crippen MR) is 188 cm³/mol. The van der Waals surface area contributed by atoms with E-state index in [2.05, 4.69) is 6.58 Å². The van der Waals surface area contributed by atoms with E-state index >= 15 is 0 Å². The molecule has 2 aromatic carbocycles. The van der Waals surface area contributed by atoms with Crippen LogP contribution in [0.15, 0.2) is 72.8 Å². The summed E-state index contributed by atoms with van der Waals surface area (Å²) >= 11 is 0. The number of carbonyl (C=O) groups excluding carboxylic acids is 1. The van der Waals surface area contributed by atoms with E-state index in [4.69, 9.17) is 23.7 Å². The van der Waals surface area contributed by atoms with Crippen molar-refractivity contribution in [3.63, 3.8) is 0 Å². The molecule has 2 bridgehead atoms. The molecule has 2 saturated heterocycles. The fraction of sp³-hybridized carbons (Fsp3) is 0.538. The summed E-state index contributed by atoms with van der Waals surface area (Å²) in [5.74, 6) is -8.87. The highest BCUT2D eigenvalue weighted by atomic mass is 16.8. The summed E-state index contributed by atoms with van der Waals surface area (Å²) in [6.45, 7) is 7.55. The van der Waals surface area contributed by atoms with Gasteiger partial charge in [-0.3, -0.25) is 4.79 Å². The molecule has 290 valence electrons. The van der Waals surface area contributed by atoms with Crippen molar-refractivity contribution in [1.82, 2.24) is 0 Å². The molecule has 4 rings (SSSR count). The second kappa shape index (κ2) is 18.1. The summed E-state index contributed by atoms with van der Waals surface area (Å²) in [7, 11) is 0. The van der Waals surface area contributed by atoms with Crippen LogP contribution in [0.1, 0.15) is 70.8 Å². The van der Waals surface area contributed by atoms with E-state index < -0.39 is 71.7 Å². The minimum atomic E-state index is -3.72. The molecule has 14 nitrogen and oxygen atoms in total. The van der Waals surface area contributed by atoms with Crippen LogP contribution in [-0.4, -0.2) is 104 Å². The van der Waals surface area contributed by atoms with Gasteiger partial charge in [0.25, 0.3) is 0 Å². The lowest BCUT2D eigenvalue weighted by molar-refractivity contribution is -0.374. The van der Waals surface area contributed by atoms with Crippen LogP contribution in [-0.2, 0) is 44.5 Å². The van der Waals surface area contributed by atoms with Crippen LogP contribution in [0.4, 0.5) is 0 Å². The number of carboxylic acids is 3. The Labute approximate surface area is 308 Å². The molecule has 14 heteroatoms. The predicted octanol–water partition coefficient (Wildman–Crippen LogP) is 4.15. The lowest BCUT2D eigenvalue weighted by Gasteiger charge is -2.49. The summed E-state index contributed by atoms with van der Waals surface area (Å²) in [6.07, 6.45) is -3.34. The van der Waals surface area contributed by atoms with E-state index in [0.717, 1.165) is 37.0 Å². The van der Waals surface area contributed by atoms with Crippen molar-refractivity contribution in [3.05, 3.63) is 78.4 Å². The van der Waals surface area contributed by atoms with Gasteiger partial charge in [0.15, 0.2) is 5.79 Å². The number of ether oxygens (including phenoxy) is 5. The van der Waals surface area contributed by atoms with Crippen molar-refractivity contribution in [2.24, 2.45) is 5.92 Å². The van der Waals surface area contributed by atoms with Crippen LogP contribution < -0.4 is 4.74 Å². The second-order valence-corrected chi connectivity index (χ2v) is 13.7. The number of carboxylic acid groups (broad SMARTS) is 3. The molecule has 0 aliphatic carbocycles. The first-order valence-corrected chi connectivity index (χ1v) is 17.9. The molecule has 0 aromatic heterocycles. The number of para-hydroxylation sites is 1. The van der Waals surface area contributed by atoms with Crippen LogP contribution in [0.25, 0.3) is 0 Å². The highest BCUT2D eigenvalue weighted by Crippen LogP contribution is 2.56. The number of aliphatic hydroxyl groups excluding tert-OH is 1. The van der Waals surface area contributed by atoms with Gasteiger partial charge in [0, 0.05) is 25.9 Å². The molecule has 53 heavy (non-hydrogen) atoms. The molecule has 2 fully saturated rings.